The fourth-order valence-electron chi connectivity index (χ4n) is 7.89. The molecule has 45 heavy (non-hydrogen) atoms. The quantitative estimate of drug-likeness (QED) is 0.345. The first-order valence-corrected chi connectivity index (χ1v) is 19.6. The average Bonchev–Trinajstić information content (AvgIpc) is 3.51. The van der Waals surface area contributed by atoms with E-state index in [-0.39, 0.29) is 0 Å². The van der Waals surface area contributed by atoms with Crippen LogP contribution in [0, 0.1) is 0 Å². The Hall–Kier alpha value is -1.98. The topological polar surface area (TPSA) is 82.0 Å². The fraction of sp³-hybridized carbons (Fsp3) is 0.706. The first kappa shape index (κ1) is 32.9. The van der Waals surface area contributed by atoms with Gasteiger partial charge < -0.3 is 14.7 Å². The summed E-state index contributed by atoms with van der Waals surface area (Å²) < 4.78 is 28.8. The van der Waals surface area contributed by atoms with E-state index in [0.29, 0.717) is 37.9 Å². The van der Waals surface area contributed by atoms with Crippen molar-refractivity contribution >= 4 is 27.5 Å². The number of likely N-dealkylation sites (tertiary alicyclic amines) is 3. The molecule has 0 spiro atoms. The van der Waals surface area contributed by atoms with Gasteiger partial charge in [-0.1, -0.05) is 30.5 Å². The van der Waals surface area contributed by atoms with Gasteiger partial charge in [-0.2, -0.15) is 9.40 Å². The molecule has 0 aliphatic carbocycles. The van der Waals surface area contributed by atoms with Crippen LogP contribution in [0.4, 0.5) is 0 Å². The first-order valence-electron chi connectivity index (χ1n) is 17.3. The highest BCUT2D eigenvalue weighted by molar-refractivity contribution is 7.88. The van der Waals surface area contributed by atoms with Crippen LogP contribution in [0.3, 0.4) is 0 Å². The van der Waals surface area contributed by atoms with Gasteiger partial charge in [0.1, 0.15) is 0 Å². The Morgan fingerprint density at radius 3 is 2.31 bits per heavy atom. The molecule has 0 radical (unpaired) electrons. The molecule has 1 aromatic heterocycles. The molecule has 0 atom stereocenters. The van der Waals surface area contributed by atoms with Crippen molar-refractivity contribution in [2.75, 3.05) is 58.6 Å². The van der Waals surface area contributed by atoms with Crippen LogP contribution in [-0.4, -0.2) is 108 Å². The fourth-order valence-corrected chi connectivity index (χ4v) is 8.88. The predicted octanol–water partition coefficient (Wildman–Crippen LogP) is 4.81. The molecule has 9 nitrogen and oxygen atoms in total. The Morgan fingerprint density at radius 2 is 1.60 bits per heavy atom. The van der Waals surface area contributed by atoms with Crippen molar-refractivity contribution < 1.29 is 13.2 Å². The lowest BCUT2D eigenvalue weighted by molar-refractivity contribution is -0.130. The van der Waals surface area contributed by atoms with E-state index < -0.39 is 10.0 Å². The molecule has 6 rings (SSSR count). The van der Waals surface area contributed by atoms with E-state index in [2.05, 4.69) is 25.4 Å². The molecular weight excluding hydrogens is 608 g/mol. The van der Waals surface area contributed by atoms with Crippen LogP contribution in [0.2, 0.25) is 5.02 Å². The molecule has 0 unspecified atom stereocenters. The average molecular weight is 659 g/mol. The molecule has 11 heteroatoms. The number of aromatic nitrogens is 2. The second kappa shape index (κ2) is 14.8. The lowest BCUT2D eigenvalue weighted by Gasteiger charge is -2.36. The summed E-state index contributed by atoms with van der Waals surface area (Å²) in [7, 11) is -3.30. The Bertz CT molecular complexity index is 1430. The third kappa shape index (κ3) is 8.12. The highest BCUT2D eigenvalue weighted by Gasteiger charge is 2.32. The minimum absolute atomic E-state index is 0.336. The van der Waals surface area contributed by atoms with Gasteiger partial charge in [-0.25, -0.2) is 8.42 Å². The number of fused-ring (bicyclic) bond motifs is 1. The summed E-state index contributed by atoms with van der Waals surface area (Å²) in [6, 6.07) is 6.63. The van der Waals surface area contributed by atoms with Crippen LogP contribution in [0.15, 0.2) is 18.2 Å². The number of piperidine rings is 1. The number of benzene rings is 1. The van der Waals surface area contributed by atoms with Crippen molar-refractivity contribution in [3.63, 3.8) is 0 Å². The number of carbonyl (C=O) groups excluding carboxylic acids is 1. The van der Waals surface area contributed by atoms with Gasteiger partial charge in [0.2, 0.25) is 15.9 Å². The highest BCUT2D eigenvalue weighted by atomic mass is 35.5. The van der Waals surface area contributed by atoms with Gasteiger partial charge in [0.15, 0.2) is 0 Å². The van der Waals surface area contributed by atoms with Gasteiger partial charge in [0, 0.05) is 80.0 Å². The molecule has 0 N–H and O–H groups in total. The number of rotatable bonds is 11. The largest absolute Gasteiger partial charge is 0.340 e. The SMILES string of the molecule is CS(=O)(=O)N1CCc2c(c(-c3ccc(Cl)c(CCCN4CCCCCC4)c3)nn2CCCN2CCC(N3CCCC3=O)CC2)C1. The summed E-state index contributed by atoms with van der Waals surface area (Å²) in [4.78, 5) is 19.4. The molecule has 248 valence electrons. The van der Waals surface area contributed by atoms with Crippen molar-refractivity contribution in [3.05, 3.63) is 40.0 Å². The Labute approximate surface area is 274 Å². The third-order valence-corrected chi connectivity index (χ3v) is 12.1. The second-order valence-corrected chi connectivity index (χ2v) is 16.0. The number of hydrogen-bond acceptors (Lipinski definition) is 6. The molecule has 4 aliphatic rings. The maximum absolute atomic E-state index is 12.5. The number of sulfonamides is 1. The molecule has 1 aromatic carbocycles. The van der Waals surface area contributed by atoms with Gasteiger partial charge in [-0.3, -0.25) is 9.48 Å². The van der Waals surface area contributed by atoms with Gasteiger partial charge in [-0.05, 0) is 95.2 Å². The van der Waals surface area contributed by atoms with Gasteiger partial charge >= 0.3 is 0 Å². The van der Waals surface area contributed by atoms with Crippen LogP contribution in [0.25, 0.3) is 11.3 Å². The zero-order valence-corrected chi connectivity index (χ0v) is 28.6. The number of amides is 1. The smallest absolute Gasteiger partial charge is 0.222 e. The van der Waals surface area contributed by atoms with Crippen LogP contribution in [-0.2, 0) is 40.7 Å². The first-order chi connectivity index (χ1) is 21.8. The summed E-state index contributed by atoms with van der Waals surface area (Å²) in [5.74, 6) is 0.336. The standard InChI is InChI=1S/C34H51ClN6O3S/c1-45(43,44)39-24-15-32-30(26-39)34(28-11-12-31(35)27(25-28)9-6-18-37-16-4-2-3-5-17-37)36-41(32)21-8-19-38-22-13-29(14-23-38)40-20-7-10-33(40)42/h11-12,25,29H,2-10,13-24,26H2,1H3. The van der Waals surface area contributed by atoms with E-state index in [9.17, 15) is 13.2 Å². The Kier molecular flexibility index (Phi) is 10.9. The molecule has 2 aromatic rings. The van der Waals surface area contributed by atoms with Gasteiger partial charge in [0.05, 0.1) is 11.9 Å². The third-order valence-electron chi connectivity index (χ3n) is 10.5. The lowest BCUT2D eigenvalue weighted by atomic mass is 9.99. The maximum atomic E-state index is 12.5. The summed E-state index contributed by atoms with van der Waals surface area (Å²) >= 11 is 6.71. The Morgan fingerprint density at radius 1 is 0.867 bits per heavy atom. The molecule has 0 saturated carbocycles. The monoisotopic (exact) mass is 658 g/mol. The van der Waals surface area contributed by atoms with Crippen molar-refractivity contribution in [3.8, 4) is 11.3 Å². The van der Waals surface area contributed by atoms with Crippen molar-refractivity contribution in [2.45, 2.75) is 96.2 Å². The minimum Gasteiger partial charge on any atom is -0.340 e. The van der Waals surface area contributed by atoms with E-state index in [1.807, 2.05) is 12.1 Å². The number of aryl methyl sites for hydroxylation is 2. The number of halogens is 1. The van der Waals surface area contributed by atoms with Crippen molar-refractivity contribution in [1.82, 2.24) is 28.8 Å². The molecule has 4 aliphatic heterocycles. The van der Waals surface area contributed by atoms with Gasteiger partial charge in [0.25, 0.3) is 0 Å². The molecule has 0 bridgehead atoms. The Balaban J connectivity index is 1.13. The summed E-state index contributed by atoms with van der Waals surface area (Å²) in [5, 5.41) is 5.94. The summed E-state index contributed by atoms with van der Waals surface area (Å²) in [5.41, 5.74) is 5.24. The molecule has 1 amide bonds. The van der Waals surface area contributed by atoms with Crippen LogP contribution < -0.4 is 0 Å². The van der Waals surface area contributed by atoms with E-state index in [4.69, 9.17) is 16.7 Å². The summed E-state index contributed by atoms with van der Waals surface area (Å²) in [6.07, 6.45) is 14.1. The van der Waals surface area contributed by atoms with E-state index in [1.54, 1.807) is 4.31 Å². The highest BCUT2D eigenvalue weighted by Crippen LogP contribution is 2.33. The molecular formula is C34H51ClN6O3S. The maximum Gasteiger partial charge on any atom is 0.222 e. The minimum atomic E-state index is -3.30. The van der Waals surface area contributed by atoms with Crippen LogP contribution in [0.5, 0.6) is 0 Å². The predicted molar refractivity (Wildman–Crippen MR) is 180 cm³/mol. The molecule has 3 saturated heterocycles. The zero-order chi connectivity index (χ0) is 31.4. The van der Waals surface area contributed by atoms with E-state index in [1.165, 1.54) is 45.0 Å². The number of carbonyl (C=O) groups is 1. The van der Waals surface area contributed by atoms with Crippen LogP contribution >= 0.6 is 11.6 Å². The molecule has 5 heterocycles. The van der Waals surface area contributed by atoms with Crippen LogP contribution in [0.1, 0.15) is 81.0 Å². The van der Waals surface area contributed by atoms with Crippen molar-refractivity contribution in [2.24, 2.45) is 0 Å². The van der Waals surface area contributed by atoms with E-state index in [0.717, 1.165) is 111 Å². The zero-order valence-electron chi connectivity index (χ0n) is 27.1. The van der Waals surface area contributed by atoms with Gasteiger partial charge in [-0.15, -0.1) is 0 Å². The molecule has 3 fully saturated rings. The van der Waals surface area contributed by atoms with Crippen molar-refractivity contribution in [1.29, 1.82) is 0 Å². The normalized spacial score (nSPS) is 21.4. The number of nitrogens with zero attached hydrogens (tertiary/aromatic N) is 6. The second-order valence-electron chi connectivity index (χ2n) is 13.6. The van der Waals surface area contributed by atoms with E-state index >= 15 is 0 Å². The number of hydrogen-bond donors (Lipinski definition) is 0. The summed E-state index contributed by atoms with van der Waals surface area (Å²) in [6.45, 7) is 9.16. The lowest BCUT2D eigenvalue weighted by Crippen LogP contribution is -2.45.